The van der Waals surface area contributed by atoms with E-state index in [-0.39, 0.29) is 12.8 Å². The summed E-state index contributed by atoms with van der Waals surface area (Å²) < 4.78 is 11.1. The Morgan fingerprint density at radius 2 is 1.03 bits per heavy atom. The van der Waals surface area contributed by atoms with Gasteiger partial charge in [-0.3, -0.25) is 4.79 Å². The summed E-state index contributed by atoms with van der Waals surface area (Å²) in [5, 5.41) is 75.7. The topological polar surface area (TPSA) is 189 Å². The number of amides is 1. The Labute approximate surface area is 370 Å². The normalized spacial score (nSPS) is 21.9. The van der Waals surface area contributed by atoms with Gasteiger partial charge in [-0.2, -0.15) is 0 Å². The van der Waals surface area contributed by atoms with Gasteiger partial charge in [0.05, 0.1) is 25.4 Å². The van der Waals surface area contributed by atoms with E-state index in [1.165, 1.54) is 96.3 Å². The molecule has 1 amide bonds. The molecule has 0 aromatic heterocycles. The van der Waals surface area contributed by atoms with Crippen molar-refractivity contribution >= 4 is 5.91 Å². The number of aliphatic hydroxyl groups is 7. The van der Waals surface area contributed by atoms with E-state index < -0.39 is 74.2 Å². The van der Waals surface area contributed by atoms with Crippen LogP contribution in [0, 0.1) is 0 Å². The first-order valence-electron chi connectivity index (χ1n) is 24.6. The van der Waals surface area contributed by atoms with Gasteiger partial charge in [-0.25, -0.2) is 0 Å². The Kier molecular flexibility index (Phi) is 37.1. The molecule has 0 spiro atoms. The maximum absolute atomic E-state index is 13.1. The number of carbonyl (C=O) groups excluding carboxylic acids is 1. The van der Waals surface area contributed by atoms with Gasteiger partial charge in [0, 0.05) is 0 Å². The van der Waals surface area contributed by atoms with Gasteiger partial charge in [0.25, 0.3) is 0 Å². The zero-order chi connectivity index (χ0) is 44.8. The highest BCUT2D eigenvalue weighted by Gasteiger charge is 2.44. The fourth-order valence-electron chi connectivity index (χ4n) is 7.51. The second-order valence-corrected chi connectivity index (χ2v) is 17.2. The summed E-state index contributed by atoms with van der Waals surface area (Å²) in [6.07, 6.45) is 35.8. The van der Waals surface area contributed by atoms with E-state index in [0.29, 0.717) is 19.3 Å². The van der Waals surface area contributed by atoms with Crippen LogP contribution in [0.2, 0.25) is 0 Å². The number of allylic oxidation sites excluding steroid dienone is 8. The first-order chi connectivity index (χ1) is 29.7. The van der Waals surface area contributed by atoms with Gasteiger partial charge in [0.15, 0.2) is 6.29 Å². The maximum Gasteiger partial charge on any atom is 0.249 e. The fraction of sp³-hybridized carbons (Fsp3) is 0.820. The van der Waals surface area contributed by atoms with Crippen LogP contribution in [0.1, 0.15) is 194 Å². The van der Waals surface area contributed by atoms with Crippen molar-refractivity contribution in [1.29, 1.82) is 0 Å². The minimum atomic E-state index is -1.67. The number of rotatable bonds is 40. The molecule has 1 rings (SSSR count). The summed E-state index contributed by atoms with van der Waals surface area (Å²) in [5.74, 6) is -0.717. The van der Waals surface area contributed by atoms with Crippen molar-refractivity contribution < 1.29 is 50.0 Å². The first kappa shape index (κ1) is 57.1. The summed E-state index contributed by atoms with van der Waals surface area (Å²) >= 11 is 0. The molecule has 1 heterocycles. The lowest BCUT2D eigenvalue weighted by molar-refractivity contribution is -0.303. The van der Waals surface area contributed by atoms with Crippen molar-refractivity contribution in [2.75, 3.05) is 13.2 Å². The van der Waals surface area contributed by atoms with E-state index in [9.17, 15) is 40.5 Å². The fourth-order valence-corrected chi connectivity index (χ4v) is 7.51. The zero-order valence-electron chi connectivity index (χ0n) is 38.4. The van der Waals surface area contributed by atoms with Gasteiger partial charge in [-0.1, -0.05) is 165 Å². The molecule has 9 unspecified atom stereocenters. The number of aliphatic hydroxyl groups excluding tert-OH is 7. The molecule has 0 aliphatic carbocycles. The number of hydrogen-bond acceptors (Lipinski definition) is 10. The number of ether oxygens (including phenoxy) is 2. The van der Waals surface area contributed by atoms with Crippen LogP contribution < -0.4 is 5.32 Å². The lowest BCUT2D eigenvalue weighted by Gasteiger charge is -2.40. The highest BCUT2D eigenvalue weighted by Crippen LogP contribution is 2.23. The van der Waals surface area contributed by atoms with Crippen LogP contribution in [-0.4, -0.2) is 110 Å². The molecule has 1 aliphatic rings. The maximum atomic E-state index is 13.1. The molecule has 0 aromatic rings. The number of nitrogens with one attached hydrogen (secondary N) is 1. The molecule has 356 valence electrons. The van der Waals surface area contributed by atoms with Crippen molar-refractivity contribution in [2.24, 2.45) is 0 Å². The predicted molar refractivity (Wildman–Crippen MR) is 247 cm³/mol. The SMILES string of the molecule is CCCCC/C=C\C=C/CCCCCCCCCCCC(O)C(=O)NC(COC1OC(CO)C(O)C(O)C1O)C(O)C(O)CCC/C=C/CC/C=C/CCCCCCCCC. The van der Waals surface area contributed by atoms with Crippen LogP contribution in [0.4, 0.5) is 0 Å². The van der Waals surface area contributed by atoms with Crippen molar-refractivity contribution in [1.82, 2.24) is 5.32 Å². The Balaban J connectivity index is 2.46. The van der Waals surface area contributed by atoms with Crippen molar-refractivity contribution in [3.8, 4) is 0 Å². The predicted octanol–water partition coefficient (Wildman–Crippen LogP) is 8.56. The Hall–Kier alpha value is -1.93. The van der Waals surface area contributed by atoms with E-state index in [0.717, 1.165) is 51.4 Å². The smallest absolute Gasteiger partial charge is 0.249 e. The van der Waals surface area contributed by atoms with Crippen molar-refractivity contribution in [3.63, 3.8) is 0 Å². The lowest BCUT2D eigenvalue weighted by Crippen LogP contribution is -2.60. The Bertz CT molecular complexity index is 1130. The zero-order valence-corrected chi connectivity index (χ0v) is 38.4. The lowest BCUT2D eigenvalue weighted by atomic mass is 9.98. The van der Waals surface area contributed by atoms with Crippen molar-refractivity contribution in [2.45, 2.75) is 249 Å². The first-order valence-corrected chi connectivity index (χ1v) is 24.6. The molecule has 0 bridgehead atoms. The number of carbonyl (C=O) groups is 1. The summed E-state index contributed by atoms with van der Waals surface area (Å²) in [6.45, 7) is 3.38. The average molecular weight is 866 g/mol. The minimum Gasteiger partial charge on any atom is -0.394 e. The molecule has 9 atom stereocenters. The van der Waals surface area contributed by atoms with E-state index in [4.69, 9.17) is 9.47 Å². The molecule has 1 aliphatic heterocycles. The second-order valence-electron chi connectivity index (χ2n) is 17.2. The van der Waals surface area contributed by atoms with Gasteiger partial charge >= 0.3 is 0 Å². The van der Waals surface area contributed by atoms with E-state index in [2.05, 4.69) is 67.8 Å². The van der Waals surface area contributed by atoms with E-state index in [1.807, 2.05) is 0 Å². The second kappa shape index (κ2) is 39.6. The summed E-state index contributed by atoms with van der Waals surface area (Å²) in [4.78, 5) is 13.1. The molecule has 11 heteroatoms. The number of hydrogen-bond donors (Lipinski definition) is 8. The summed E-state index contributed by atoms with van der Waals surface area (Å²) in [5.41, 5.74) is 0. The third-order valence-corrected chi connectivity index (χ3v) is 11.6. The van der Waals surface area contributed by atoms with Crippen LogP contribution in [-0.2, 0) is 14.3 Å². The quantitative estimate of drug-likeness (QED) is 0.0168. The highest BCUT2D eigenvalue weighted by molar-refractivity contribution is 5.80. The standard InChI is InChI=1S/C50H91NO10/c1-3-5-7-9-11-13-15-17-19-21-22-24-26-28-30-32-34-36-38-43(54)49(59)51-41(40-60-50-48(58)47(57)46(56)44(39-52)61-50)45(55)42(53)37-35-33-31-29-27-25-23-20-18-16-14-12-10-8-6-4-2/h11,13,15,17,20,23,29,31,41-48,50,52-58H,3-10,12,14,16,18-19,21-22,24-28,30,32-40H2,1-2H3,(H,51,59)/b13-11-,17-15-,23-20+,31-29+. The van der Waals surface area contributed by atoms with Gasteiger partial charge in [0.2, 0.25) is 5.91 Å². The molecular weight excluding hydrogens is 775 g/mol. The molecule has 0 aromatic carbocycles. The number of unbranched alkanes of at least 4 members (excludes halogenated alkanes) is 21. The van der Waals surface area contributed by atoms with Crippen LogP contribution in [0.15, 0.2) is 48.6 Å². The van der Waals surface area contributed by atoms with E-state index >= 15 is 0 Å². The Morgan fingerprint density at radius 1 is 0.574 bits per heavy atom. The van der Waals surface area contributed by atoms with Crippen LogP contribution in [0.3, 0.4) is 0 Å². The van der Waals surface area contributed by atoms with Crippen LogP contribution in [0.5, 0.6) is 0 Å². The summed E-state index contributed by atoms with van der Waals surface area (Å²) in [6, 6.07) is -1.19. The molecule has 11 nitrogen and oxygen atoms in total. The molecule has 1 saturated heterocycles. The van der Waals surface area contributed by atoms with Gasteiger partial charge < -0.3 is 50.5 Å². The van der Waals surface area contributed by atoms with Gasteiger partial charge in [-0.15, -0.1) is 0 Å². The molecule has 8 N–H and O–H groups in total. The summed E-state index contributed by atoms with van der Waals surface area (Å²) in [7, 11) is 0. The van der Waals surface area contributed by atoms with Gasteiger partial charge in [-0.05, 0) is 77.0 Å². The van der Waals surface area contributed by atoms with Crippen LogP contribution >= 0.6 is 0 Å². The molecule has 0 radical (unpaired) electrons. The van der Waals surface area contributed by atoms with Crippen molar-refractivity contribution in [3.05, 3.63) is 48.6 Å². The monoisotopic (exact) mass is 866 g/mol. The third-order valence-electron chi connectivity index (χ3n) is 11.6. The highest BCUT2D eigenvalue weighted by atomic mass is 16.7. The van der Waals surface area contributed by atoms with Gasteiger partial charge in [0.1, 0.15) is 36.6 Å². The largest absolute Gasteiger partial charge is 0.394 e. The Morgan fingerprint density at radius 3 is 1.59 bits per heavy atom. The minimum absolute atomic E-state index is 0.243. The average Bonchev–Trinajstić information content (AvgIpc) is 3.26. The molecule has 0 saturated carbocycles. The third kappa shape index (κ3) is 29.2. The molecule has 61 heavy (non-hydrogen) atoms. The van der Waals surface area contributed by atoms with E-state index in [1.54, 1.807) is 0 Å². The van der Waals surface area contributed by atoms with Crippen LogP contribution in [0.25, 0.3) is 0 Å². The molecule has 1 fully saturated rings. The molecular formula is C50H91NO10.